The zero-order valence-corrected chi connectivity index (χ0v) is 17.4. The number of nitrogens with one attached hydrogen (secondary N) is 1. The smallest absolute Gasteiger partial charge is 0.276 e. The van der Waals surface area contributed by atoms with Crippen molar-refractivity contribution < 1.29 is 23.0 Å². The van der Waals surface area contributed by atoms with E-state index in [1.807, 2.05) is 19.1 Å². The van der Waals surface area contributed by atoms with Gasteiger partial charge >= 0.3 is 0 Å². The number of aryl methyl sites for hydroxylation is 1. The first-order valence-electron chi connectivity index (χ1n) is 10.1. The summed E-state index contributed by atoms with van der Waals surface area (Å²) in [5, 5.41) is 7.33. The molecule has 162 valence electrons. The summed E-state index contributed by atoms with van der Waals surface area (Å²) in [6, 6.07) is 9.10. The van der Waals surface area contributed by atoms with Crippen LogP contribution in [0.15, 0.2) is 36.4 Å². The summed E-state index contributed by atoms with van der Waals surface area (Å²) in [7, 11) is 1.59. The summed E-state index contributed by atoms with van der Waals surface area (Å²) in [5.74, 6) is -1.71. The number of fused-ring (bicyclic) bond motifs is 1. The first-order valence-corrected chi connectivity index (χ1v) is 10.1. The Morgan fingerprint density at radius 2 is 1.97 bits per heavy atom. The monoisotopic (exact) mass is 427 g/mol. The van der Waals surface area contributed by atoms with Crippen molar-refractivity contribution in [1.29, 1.82) is 0 Å². The standard InChI is InChI=1S/C23H23F2N3O3/c1-14-6-9-19(21(12-14)31-11-10-30-2)26-23(29)22-16-4-3-5-20(16)28(27-22)15-7-8-17(24)18(25)13-15/h6-9,12-13H,3-5,10-11H2,1-2H3,(H,26,29). The summed E-state index contributed by atoms with van der Waals surface area (Å²) in [6.07, 6.45) is 2.28. The van der Waals surface area contributed by atoms with Crippen LogP contribution in [0.1, 0.15) is 33.7 Å². The van der Waals surface area contributed by atoms with Crippen molar-refractivity contribution in [2.45, 2.75) is 26.2 Å². The Morgan fingerprint density at radius 3 is 2.74 bits per heavy atom. The summed E-state index contributed by atoms with van der Waals surface area (Å²) in [5.41, 5.74) is 3.86. The molecule has 4 rings (SSSR count). The highest BCUT2D eigenvalue weighted by Crippen LogP contribution is 2.30. The highest BCUT2D eigenvalue weighted by Gasteiger charge is 2.27. The molecule has 0 atom stereocenters. The normalized spacial score (nSPS) is 12.6. The van der Waals surface area contributed by atoms with E-state index in [9.17, 15) is 13.6 Å². The molecule has 1 aliphatic rings. The van der Waals surface area contributed by atoms with Gasteiger partial charge in [0.1, 0.15) is 12.4 Å². The van der Waals surface area contributed by atoms with Crippen molar-refractivity contribution in [1.82, 2.24) is 9.78 Å². The number of nitrogens with zero attached hydrogens (tertiary/aromatic N) is 2. The number of aromatic nitrogens is 2. The quantitative estimate of drug-likeness (QED) is 0.574. The van der Waals surface area contributed by atoms with Gasteiger partial charge < -0.3 is 14.8 Å². The minimum atomic E-state index is -0.955. The van der Waals surface area contributed by atoms with Gasteiger partial charge in [-0.05, 0) is 56.0 Å². The van der Waals surface area contributed by atoms with Crippen LogP contribution in [0.3, 0.4) is 0 Å². The van der Waals surface area contributed by atoms with Gasteiger partial charge in [-0.3, -0.25) is 4.79 Å². The highest BCUT2D eigenvalue weighted by molar-refractivity contribution is 6.05. The number of hydrogen-bond acceptors (Lipinski definition) is 4. The van der Waals surface area contributed by atoms with Crippen LogP contribution >= 0.6 is 0 Å². The Labute approximate surface area is 178 Å². The minimum absolute atomic E-state index is 0.278. The summed E-state index contributed by atoms with van der Waals surface area (Å²) >= 11 is 0. The Kier molecular flexibility index (Phi) is 5.99. The van der Waals surface area contributed by atoms with Crippen molar-refractivity contribution in [2.24, 2.45) is 0 Å². The van der Waals surface area contributed by atoms with E-state index >= 15 is 0 Å². The molecule has 8 heteroatoms. The molecule has 0 unspecified atom stereocenters. The Bertz CT molecular complexity index is 1130. The van der Waals surface area contributed by atoms with Gasteiger partial charge in [-0.15, -0.1) is 0 Å². The van der Waals surface area contributed by atoms with Crippen LogP contribution in [-0.2, 0) is 17.6 Å². The van der Waals surface area contributed by atoms with E-state index in [1.54, 1.807) is 13.2 Å². The van der Waals surface area contributed by atoms with Gasteiger partial charge in [-0.25, -0.2) is 13.5 Å². The molecule has 0 saturated heterocycles. The van der Waals surface area contributed by atoms with Gasteiger partial charge in [0.15, 0.2) is 17.3 Å². The maximum absolute atomic E-state index is 13.8. The number of ether oxygens (including phenoxy) is 2. The topological polar surface area (TPSA) is 65.4 Å². The summed E-state index contributed by atoms with van der Waals surface area (Å²) in [4.78, 5) is 13.1. The number of benzene rings is 2. The number of halogens is 2. The van der Waals surface area contributed by atoms with E-state index in [1.165, 1.54) is 10.7 Å². The molecule has 1 aromatic heterocycles. The van der Waals surface area contributed by atoms with E-state index in [0.717, 1.165) is 35.4 Å². The molecule has 0 fully saturated rings. The summed E-state index contributed by atoms with van der Waals surface area (Å²) < 4.78 is 39.4. The van der Waals surface area contributed by atoms with Crippen LogP contribution in [0.25, 0.3) is 5.69 Å². The van der Waals surface area contributed by atoms with Gasteiger partial charge in [-0.2, -0.15) is 5.10 Å². The molecule has 0 spiro atoms. The van der Waals surface area contributed by atoms with Crippen molar-refractivity contribution in [3.63, 3.8) is 0 Å². The fourth-order valence-corrected chi connectivity index (χ4v) is 3.72. The molecule has 3 aromatic rings. The molecule has 6 nitrogen and oxygen atoms in total. The predicted octanol–water partition coefficient (Wildman–Crippen LogP) is 4.23. The van der Waals surface area contributed by atoms with Crippen LogP contribution in [0.5, 0.6) is 5.75 Å². The van der Waals surface area contributed by atoms with Crippen molar-refractivity contribution >= 4 is 11.6 Å². The average molecular weight is 427 g/mol. The second-order valence-electron chi connectivity index (χ2n) is 7.43. The molecule has 0 radical (unpaired) electrons. The summed E-state index contributed by atoms with van der Waals surface area (Å²) in [6.45, 7) is 2.71. The lowest BCUT2D eigenvalue weighted by atomic mass is 10.1. The third kappa shape index (κ3) is 4.29. The Morgan fingerprint density at radius 1 is 1.13 bits per heavy atom. The SMILES string of the molecule is COCCOc1cc(C)ccc1NC(=O)c1nn(-c2ccc(F)c(F)c2)c2c1CCC2. The molecule has 2 aromatic carbocycles. The van der Waals surface area contributed by atoms with E-state index in [-0.39, 0.29) is 11.6 Å². The molecular weight excluding hydrogens is 404 g/mol. The van der Waals surface area contributed by atoms with Gasteiger partial charge in [-0.1, -0.05) is 6.07 Å². The molecule has 1 amide bonds. The Hall–Kier alpha value is -3.26. The molecule has 0 aliphatic heterocycles. The zero-order chi connectivity index (χ0) is 22.0. The lowest BCUT2D eigenvalue weighted by Crippen LogP contribution is -2.16. The number of carbonyl (C=O) groups is 1. The first kappa shape index (κ1) is 21.0. The van der Waals surface area contributed by atoms with Gasteiger partial charge in [0.05, 0.1) is 18.0 Å². The molecule has 31 heavy (non-hydrogen) atoms. The largest absolute Gasteiger partial charge is 0.489 e. The number of anilines is 1. The average Bonchev–Trinajstić information content (AvgIpc) is 3.35. The van der Waals surface area contributed by atoms with Crippen molar-refractivity contribution in [2.75, 3.05) is 25.6 Å². The third-order valence-electron chi connectivity index (χ3n) is 5.22. The van der Waals surface area contributed by atoms with Crippen LogP contribution in [0.4, 0.5) is 14.5 Å². The van der Waals surface area contributed by atoms with E-state index < -0.39 is 11.6 Å². The molecule has 0 saturated carbocycles. The zero-order valence-electron chi connectivity index (χ0n) is 17.4. The first-order chi connectivity index (χ1) is 15.0. The van der Waals surface area contributed by atoms with E-state index in [2.05, 4.69) is 10.4 Å². The number of methoxy groups -OCH3 is 1. The van der Waals surface area contributed by atoms with E-state index in [0.29, 0.717) is 43.2 Å². The lowest BCUT2D eigenvalue weighted by molar-refractivity contribution is 0.102. The Balaban J connectivity index is 1.64. The number of rotatable bonds is 7. The fraction of sp³-hybridized carbons (Fsp3) is 0.304. The number of hydrogen-bond donors (Lipinski definition) is 1. The molecule has 1 aliphatic carbocycles. The third-order valence-corrected chi connectivity index (χ3v) is 5.22. The second kappa shape index (κ2) is 8.85. The minimum Gasteiger partial charge on any atom is -0.489 e. The molecule has 1 N–H and O–H groups in total. The van der Waals surface area contributed by atoms with E-state index in [4.69, 9.17) is 9.47 Å². The van der Waals surface area contributed by atoms with Crippen LogP contribution in [0.2, 0.25) is 0 Å². The van der Waals surface area contributed by atoms with Crippen molar-refractivity contribution in [3.05, 3.63) is 70.5 Å². The molecule has 0 bridgehead atoms. The lowest BCUT2D eigenvalue weighted by Gasteiger charge is -2.13. The van der Waals surface area contributed by atoms with Crippen LogP contribution in [0, 0.1) is 18.6 Å². The van der Waals surface area contributed by atoms with Gasteiger partial charge in [0.2, 0.25) is 0 Å². The van der Waals surface area contributed by atoms with Crippen molar-refractivity contribution in [3.8, 4) is 11.4 Å². The fourth-order valence-electron chi connectivity index (χ4n) is 3.72. The maximum Gasteiger partial charge on any atom is 0.276 e. The molecule has 1 heterocycles. The van der Waals surface area contributed by atoms with Crippen LogP contribution in [-0.4, -0.2) is 36.0 Å². The predicted molar refractivity (Wildman–Crippen MR) is 112 cm³/mol. The molecular formula is C23H23F2N3O3. The highest BCUT2D eigenvalue weighted by atomic mass is 19.2. The second-order valence-corrected chi connectivity index (χ2v) is 7.43. The van der Waals surface area contributed by atoms with Crippen LogP contribution < -0.4 is 10.1 Å². The number of amides is 1. The van der Waals surface area contributed by atoms with Gasteiger partial charge in [0, 0.05) is 24.4 Å². The van der Waals surface area contributed by atoms with Gasteiger partial charge in [0.25, 0.3) is 5.91 Å². The maximum atomic E-state index is 13.8. The number of carbonyl (C=O) groups excluding carboxylic acids is 1.